The second kappa shape index (κ2) is 12.9. The van der Waals surface area contributed by atoms with Crippen LogP contribution in [-0.4, -0.2) is 48.1 Å². The summed E-state index contributed by atoms with van der Waals surface area (Å²) < 4.78 is 16.8. The van der Waals surface area contributed by atoms with E-state index >= 15 is 0 Å². The molecule has 0 saturated carbocycles. The maximum atomic E-state index is 11.7. The zero-order chi connectivity index (χ0) is 22.7. The Balaban J connectivity index is 2.70. The van der Waals surface area contributed by atoms with E-state index in [1.54, 1.807) is 0 Å². The molecule has 6 nitrogen and oxygen atoms in total. The molecule has 1 rings (SSSR count). The van der Waals surface area contributed by atoms with E-state index in [0.717, 1.165) is 31.3 Å². The van der Waals surface area contributed by atoms with Gasteiger partial charge in [-0.3, -0.25) is 9.59 Å². The Kier molecular flexibility index (Phi) is 11.3. The molecule has 0 spiro atoms. The first-order chi connectivity index (χ1) is 14.0. The van der Waals surface area contributed by atoms with Gasteiger partial charge in [0, 0.05) is 13.8 Å². The molecule has 0 unspecified atom stereocenters. The second-order valence-corrected chi connectivity index (χ2v) is 8.86. The maximum Gasteiger partial charge on any atom is 0.303 e. The van der Waals surface area contributed by atoms with Gasteiger partial charge in [0.2, 0.25) is 0 Å². The molecule has 30 heavy (non-hydrogen) atoms. The van der Waals surface area contributed by atoms with Crippen LogP contribution in [0.3, 0.4) is 0 Å². The fraction of sp³-hybridized carbons (Fsp3) is 0.750. The Morgan fingerprint density at radius 3 is 2.57 bits per heavy atom. The van der Waals surface area contributed by atoms with Gasteiger partial charge >= 0.3 is 11.9 Å². The van der Waals surface area contributed by atoms with E-state index in [9.17, 15) is 14.7 Å². The number of hydrogen-bond acceptors (Lipinski definition) is 6. The third-order valence-electron chi connectivity index (χ3n) is 5.72. The minimum atomic E-state index is -0.590. The number of esters is 2. The summed E-state index contributed by atoms with van der Waals surface area (Å²) in [6.45, 7) is 11.6. The van der Waals surface area contributed by atoms with Gasteiger partial charge in [0.1, 0.15) is 18.3 Å². The first-order valence-electron chi connectivity index (χ1n) is 11.0. The van der Waals surface area contributed by atoms with Crippen LogP contribution in [0, 0.1) is 5.92 Å². The summed E-state index contributed by atoms with van der Waals surface area (Å²) >= 11 is 0. The third kappa shape index (κ3) is 9.90. The average molecular weight is 425 g/mol. The highest BCUT2D eigenvalue weighted by Crippen LogP contribution is 2.34. The maximum absolute atomic E-state index is 11.7. The average Bonchev–Trinajstić information content (AvgIpc) is 2.79. The number of rotatable bonds is 10. The van der Waals surface area contributed by atoms with Crippen molar-refractivity contribution in [1.82, 2.24) is 0 Å². The summed E-state index contributed by atoms with van der Waals surface area (Å²) in [5, 5.41) is 10.4. The number of hydrogen-bond donors (Lipinski definition) is 1. The lowest BCUT2D eigenvalue weighted by Crippen LogP contribution is -2.43. The monoisotopic (exact) mass is 424 g/mol. The quantitative estimate of drug-likeness (QED) is 0.411. The lowest BCUT2D eigenvalue weighted by molar-refractivity contribution is -0.167. The predicted octanol–water partition coefficient (Wildman–Crippen LogP) is 4.50. The van der Waals surface area contributed by atoms with Crippen molar-refractivity contribution in [3.63, 3.8) is 0 Å². The van der Waals surface area contributed by atoms with Crippen molar-refractivity contribution in [2.24, 2.45) is 5.92 Å². The van der Waals surface area contributed by atoms with Crippen LogP contribution in [0.5, 0.6) is 0 Å². The smallest absolute Gasteiger partial charge is 0.303 e. The van der Waals surface area contributed by atoms with Gasteiger partial charge in [0.05, 0.1) is 12.7 Å². The van der Waals surface area contributed by atoms with E-state index < -0.39 is 5.60 Å². The summed E-state index contributed by atoms with van der Waals surface area (Å²) in [6, 6.07) is 0. The van der Waals surface area contributed by atoms with Crippen LogP contribution in [0.15, 0.2) is 23.3 Å². The Hall–Kier alpha value is -1.66. The molecule has 1 aliphatic rings. The van der Waals surface area contributed by atoms with Crippen molar-refractivity contribution < 1.29 is 28.9 Å². The van der Waals surface area contributed by atoms with Gasteiger partial charge < -0.3 is 19.3 Å². The molecule has 4 atom stereocenters. The summed E-state index contributed by atoms with van der Waals surface area (Å²) in [4.78, 5) is 22.6. The number of allylic oxidation sites excluding steroid dienone is 1. The second-order valence-electron chi connectivity index (χ2n) is 8.86. The van der Waals surface area contributed by atoms with E-state index in [-0.39, 0.29) is 36.7 Å². The molecule has 1 N–H and O–H groups in total. The molecule has 172 valence electrons. The minimum absolute atomic E-state index is 0.182. The first-order valence-corrected chi connectivity index (χ1v) is 11.0. The van der Waals surface area contributed by atoms with Crippen molar-refractivity contribution in [2.45, 2.75) is 97.9 Å². The highest BCUT2D eigenvalue weighted by atomic mass is 16.6. The van der Waals surface area contributed by atoms with E-state index in [4.69, 9.17) is 14.2 Å². The van der Waals surface area contributed by atoms with Crippen molar-refractivity contribution in [3.05, 3.63) is 23.3 Å². The zero-order valence-electron chi connectivity index (χ0n) is 19.5. The molecule has 0 amide bonds. The highest BCUT2D eigenvalue weighted by molar-refractivity contribution is 5.66. The molecule has 0 aromatic carbocycles. The Morgan fingerprint density at radius 1 is 1.27 bits per heavy atom. The molecular weight excluding hydrogens is 384 g/mol. The summed E-state index contributed by atoms with van der Waals surface area (Å²) in [5.74, 6) is -0.445. The fourth-order valence-corrected chi connectivity index (χ4v) is 3.66. The highest BCUT2D eigenvalue weighted by Gasteiger charge is 2.39. The molecule has 0 aromatic heterocycles. The Labute approximate surface area is 181 Å². The predicted molar refractivity (Wildman–Crippen MR) is 117 cm³/mol. The third-order valence-corrected chi connectivity index (χ3v) is 5.72. The molecule has 0 bridgehead atoms. The number of carbonyl (C=O) groups excluding carboxylic acids is 2. The lowest BCUT2D eigenvalue weighted by atomic mass is 9.87. The molecule has 1 aliphatic heterocycles. The van der Waals surface area contributed by atoms with Gasteiger partial charge in [-0.05, 0) is 70.4 Å². The number of carbonyl (C=O) groups is 2. The van der Waals surface area contributed by atoms with Crippen LogP contribution in [0.25, 0.3) is 0 Å². The number of ether oxygens (including phenoxy) is 3. The molecule has 1 heterocycles. The van der Waals surface area contributed by atoms with Crippen molar-refractivity contribution in [3.8, 4) is 0 Å². The van der Waals surface area contributed by atoms with Crippen LogP contribution in [0.2, 0.25) is 0 Å². The number of aliphatic hydroxyl groups is 1. The van der Waals surface area contributed by atoms with Gasteiger partial charge in [0.15, 0.2) is 0 Å². The van der Waals surface area contributed by atoms with Crippen LogP contribution >= 0.6 is 0 Å². The van der Waals surface area contributed by atoms with Crippen LogP contribution in [0.1, 0.15) is 80.1 Å². The number of aliphatic hydroxyl groups excluding tert-OH is 1. The van der Waals surface area contributed by atoms with E-state index in [0.29, 0.717) is 19.4 Å². The van der Waals surface area contributed by atoms with Gasteiger partial charge in [-0.1, -0.05) is 25.0 Å². The molecule has 1 fully saturated rings. The molecule has 1 saturated heterocycles. The standard InChI is InChI=1S/C24H40O6/c1-17(2)9-11-22(27)18(3)8-7-14-24(6)23(30-20(5)26)12-10-21(16-29-24)13-15-28-19(4)25/h9,13,18,22-23,27H,7-8,10-12,14-16H2,1-6H3/b21-13+/t18-,22-,23-,24+/m1/s1. The van der Waals surface area contributed by atoms with E-state index in [1.165, 1.54) is 19.4 Å². The van der Waals surface area contributed by atoms with Gasteiger partial charge in [-0.15, -0.1) is 0 Å². The zero-order valence-corrected chi connectivity index (χ0v) is 19.5. The molecular formula is C24H40O6. The van der Waals surface area contributed by atoms with Crippen molar-refractivity contribution >= 4 is 11.9 Å². The van der Waals surface area contributed by atoms with Gasteiger partial charge in [0.25, 0.3) is 0 Å². The molecule has 6 heteroatoms. The molecule has 0 aliphatic carbocycles. The normalized spacial score (nSPS) is 25.2. The van der Waals surface area contributed by atoms with E-state index in [2.05, 4.69) is 13.0 Å². The van der Waals surface area contributed by atoms with Crippen LogP contribution in [0.4, 0.5) is 0 Å². The largest absolute Gasteiger partial charge is 0.462 e. The minimum Gasteiger partial charge on any atom is -0.462 e. The molecule has 0 radical (unpaired) electrons. The van der Waals surface area contributed by atoms with Gasteiger partial charge in [-0.2, -0.15) is 0 Å². The van der Waals surface area contributed by atoms with Crippen LogP contribution in [-0.2, 0) is 23.8 Å². The fourth-order valence-electron chi connectivity index (χ4n) is 3.66. The Morgan fingerprint density at radius 2 is 1.97 bits per heavy atom. The SMILES string of the molecule is CC(=O)OC/C=C1\CC[C@@H](OC(C)=O)[C@](C)(CCC[C@@H](C)[C@H](O)CC=C(C)C)OC1. The Bertz CT molecular complexity index is 619. The summed E-state index contributed by atoms with van der Waals surface area (Å²) in [7, 11) is 0. The van der Waals surface area contributed by atoms with Crippen LogP contribution < -0.4 is 0 Å². The first kappa shape index (κ1) is 26.4. The summed E-state index contributed by atoms with van der Waals surface area (Å²) in [5.41, 5.74) is 1.66. The summed E-state index contributed by atoms with van der Waals surface area (Å²) in [6.07, 6.45) is 7.80. The topological polar surface area (TPSA) is 82.1 Å². The van der Waals surface area contributed by atoms with E-state index in [1.807, 2.05) is 26.8 Å². The van der Waals surface area contributed by atoms with Crippen molar-refractivity contribution in [2.75, 3.05) is 13.2 Å². The molecule has 0 aromatic rings. The lowest BCUT2D eigenvalue weighted by Gasteiger charge is -2.35. The van der Waals surface area contributed by atoms with Gasteiger partial charge in [-0.25, -0.2) is 0 Å². The van der Waals surface area contributed by atoms with Crippen molar-refractivity contribution in [1.29, 1.82) is 0 Å².